The van der Waals surface area contributed by atoms with Gasteiger partial charge in [0.25, 0.3) is 0 Å². The van der Waals surface area contributed by atoms with Crippen LogP contribution in [0.3, 0.4) is 0 Å². The first-order chi connectivity index (χ1) is 9.45. The highest BCUT2D eigenvalue weighted by molar-refractivity contribution is 7.89. The number of carbonyl (C=O) groups is 1. The zero-order valence-electron chi connectivity index (χ0n) is 11.8. The van der Waals surface area contributed by atoms with Gasteiger partial charge in [-0.15, -0.1) is 0 Å². The summed E-state index contributed by atoms with van der Waals surface area (Å²) in [5, 5.41) is 0. The van der Waals surface area contributed by atoms with E-state index in [1.54, 1.807) is 12.1 Å². The molecule has 0 amide bonds. The van der Waals surface area contributed by atoms with Gasteiger partial charge in [-0.05, 0) is 18.6 Å². The van der Waals surface area contributed by atoms with Crippen LogP contribution in [0.25, 0.3) is 0 Å². The van der Waals surface area contributed by atoms with Gasteiger partial charge in [0.15, 0.2) is 0 Å². The predicted molar refractivity (Wildman–Crippen MR) is 74.1 cm³/mol. The molecule has 0 fully saturated rings. The molecule has 6 nitrogen and oxygen atoms in total. The SMILES string of the molecule is CCCN(CC(=O)OC)S(=O)(=O)c1cccc(OC)c1. The monoisotopic (exact) mass is 301 g/mol. The third kappa shape index (κ3) is 3.94. The zero-order chi connectivity index (χ0) is 15.2. The van der Waals surface area contributed by atoms with Crippen LogP contribution in [0.1, 0.15) is 13.3 Å². The Morgan fingerprint density at radius 1 is 1.30 bits per heavy atom. The molecule has 0 unspecified atom stereocenters. The van der Waals surface area contributed by atoms with Crippen molar-refractivity contribution in [2.45, 2.75) is 18.2 Å². The van der Waals surface area contributed by atoms with Crippen LogP contribution in [0, 0.1) is 0 Å². The second-order valence-corrected chi connectivity index (χ2v) is 6.03. The van der Waals surface area contributed by atoms with Crippen molar-refractivity contribution in [2.75, 3.05) is 27.3 Å². The van der Waals surface area contributed by atoms with Gasteiger partial charge in [0.2, 0.25) is 10.0 Å². The number of benzene rings is 1. The molecule has 0 saturated carbocycles. The molecular formula is C13H19NO5S. The normalized spacial score (nSPS) is 11.4. The van der Waals surface area contributed by atoms with E-state index in [2.05, 4.69) is 4.74 Å². The molecule has 0 aliphatic rings. The highest BCUT2D eigenvalue weighted by Crippen LogP contribution is 2.21. The van der Waals surface area contributed by atoms with Crippen molar-refractivity contribution in [3.63, 3.8) is 0 Å². The lowest BCUT2D eigenvalue weighted by molar-refractivity contribution is -0.140. The van der Waals surface area contributed by atoms with Gasteiger partial charge in [-0.25, -0.2) is 8.42 Å². The fraction of sp³-hybridized carbons (Fsp3) is 0.462. The molecule has 1 rings (SSSR count). The minimum absolute atomic E-state index is 0.0919. The van der Waals surface area contributed by atoms with E-state index in [1.807, 2.05) is 6.92 Å². The summed E-state index contributed by atoms with van der Waals surface area (Å²) in [4.78, 5) is 11.4. The van der Waals surface area contributed by atoms with Crippen LogP contribution in [0.2, 0.25) is 0 Å². The Hall–Kier alpha value is -1.60. The van der Waals surface area contributed by atoms with Gasteiger partial charge >= 0.3 is 5.97 Å². The van der Waals surface area contributed by atoms with Gasteiger partial charge in [-0.3, -0.25) is 4.79 Å². The summed E-state index contributed by atoms with van der Waals surface area (Å²) >= 11 is 0. The Morgan fingerprint density at radius 2 is 2.00 bits per heavy atom. The summed E-state index contributed by atoms with van der Waals surface area (Å²) < 4.78 is 35.7. The van der Waals surface area contributed by atoms with Gasteiger partial charge in [0.05, 0.1) is 19.1 Å². The highest BCUT2D eigenvalue weighted by atomic mass is 32.2. The van der Waals surface area contributed by atoms with Crippen molar-refractivity contribution in [2.24, 2.45) is 0 Å². The standard InChI is InChI=1S/C13H19NO5S/c1-4-8-14(10-13(15)19-3)20(16,17)12-7-5-6-11(9-12)18-2/h5-7,9H,4,8,10H2,1-3H3. The number of ether oxygens (including phenoxy) is 2. The fourth-order valence-electron chi connectivity index (χ4n) is 1.65. The van der Waals surface area contributed by atoms with E-state index in [-0.39, 0.29) is 18.0 Å². The number of methoxy groups -OCH3 is 2. The van der Waals surface area contributed by atoms with Crippen molar-refractivity contribution < 1.29 is 22.7 Å². The summed E-state index contributed by atoms with van der Waals surface area (Å²) in [6, 6.07) is 6.14. The average Bonchev–Trinajstić information content (AvgIpc) is 2.46. The Balaban J connectivity index is 3.11. The number of hydrogen-bond acceptors (Lipinski definition) is 5. The van der Waals surface area contributed by atoms with E-state index in [0.29, 0.717) is 12.2 Å². The summed E-state index contributed by atoms with van der Waals surface area (Å²) in [7, 11) is -1.06. The summed E-state index contributed by atoms with van der Waals surface area (Å²) in [6.45, 7) is 1.78. The summed E-state index contributed by atoms with van der Waals surface area (Å²) in [5.74, 6) is -0.148. The molecule has 20 heavy (non-hydrogen) atoms. The van der Waals surface area contributed by atoms with Crippen LogP contribution in [-0.2, 0) is 19.6 Å². The average molecular weight is 301 g/mol. The molecule has 1 aromatic carbocycles. The van der Waals surface area contributed by atoms with Gasteiger partial charge < -0.3 is 9.47 Å². The van der Waals surface area contributed by atoms with Gasteiger partial charge in [0.1, 0.15) is 12.3 Å². The molecule has 0 aliphatic heterocycles. The second kappa shape index (κ2) is 7.25. The molecule has 0 aliphatic carbocycles. The van der Waals surface area contributed by atoms with Crippen molar-refractivity contribution in [1.29, 1.82) is 0 Å². The number of nitrogens with zero attached hydrogens (tertiary/aromatic N) is 1. The minimum atomic E-state index is -3.75. The predicted octanol–water partition coefficient (Wildman–Crippen LogP) is 1.27. The number of hydrogen-bond donors (Lipinski definition) is 0. The molecule has 0 heterocycles. The van der Waals surface area contributed by atoms with Crippen LogP contribution >= 0.6 is 0 Å². The highest BCUT2D eigenvalue weighted by Gasteiger charge is 2.26. The summed E-state index contributed by atoms with van der Waals surface area (Å²) in [6.07, 6.45) is 0.597. The topological polar surface area (TPSA) is 72.9 Å². The molecule has 1 aromatic rings. The van der Waals surface area contributed by atoms with Crippen LogP contribution in [0.5, 0.6) is 5.75 Å². The van der Waals surface area contributed by atoms with Crippen LogP contribution in [-0.4, -0.2) is 46.0 Å². The first-order valence-electron chi connectivity index (χ1n) is 6.16. The fourth-order valence-corrected chi connectivity index (χ4v) is 3.16. The van der Waals surface area contributed by atoms with E-state index in [9.17, 15) is 13.2 Å². The van der Waals surface area contributed by atoms with Gasteiger partial charge in [0, 0.05) is 12.6 Å². The Bertz CT molecular complexity index is 556. The van der Waals surface area contributed by atoms with Crippen molar-refractivity contribution >= 4 is 16.0 Å². The van der Waals surface area contributed by atoms with E-state index in [4.69, 9.17) is 4.74 Å². The molecule has 0 atom stereocenters. The maximum absolute atomic E-state index is 12.5. The molecule has 0 N–H and O–H groups in total. The van der Waals surface area contributed by atoms with Gasteiger partial charge in [-0.1, -0.05) is 13.0 Å². The first kappa shape index (κ1) is 16.5. The lowest BCUT2D eigenvalue weighted by atomic mass is 10.3. The van der Waals surface area contributed by atoms with Crippen molar-refractivity contribution in [3.05, 3.63) is 24.3 Å². The van der Waals surface area contributed by atoms with E-state index < -0.39 is 16.0 Å². The second-order valence-electron chi connectivity index (χ2n) is 4.09. The largest absolute Gasteiger partial charge is 0.497 e. The van der Waals surface area contributed by atoms with Gasteiger partial charge in [-0.2, -0.15) is 4.31 Å². The minimum Gasteiger partial charge on any atom is -0.497 e. The summed E-state index contributed by atoms with van der Waals surface area (Å²) in [5.41, 5.74) is 0. The van der Waals surface area contributed by atoms with Crippen molar-refractivity contribution in [3.8, 4) is 5.75 Å². The van der Waals surface area contributed by atoms with E-state index >= 15 is 0 Å². The Labute approximate surface area is 119 Å². The Morgan fingerprint density at radius 3 is 2.55 bits per heavy atom. The molecule has 112 valence electrons. The number of sulfonamides is 1. The van der Waals surface area contributed by atoms with Crippen molar-refractivity contribution in [1.82, 2.24) is 4.31 Å². The molecule has 0 saturated heterocycles. The third-order valence-corrected chi connectivity index (χ3v) is 4.53. The number of esters is 1. The molecule has 0 bridgehead atoms. The number of rotatable bonds is 7. The molecular weight excluding hydrogens is 282 g/mol. The number of carbonyl (C=O) groups excluding carboxylic acids is 1. The maximum Gasteiger partial charge on any atom is 0.321 e. The molecule has 0 spiro atoms. The Kier molecular flexibility index (Phi) is 5.97. The van der Waals surface area contributed by atoms with Crippen LogP contribution in [0.15, 0.2) is 29.2 Å². The third-order valence-electron chi connectivity index (χ3n) is 2.69. The van der Waals surface area contributed by atoms with E-state index in [1.165, 1.54) is 26.4 Å². The van der Waals surface area contributed by atoms with Crippen LogP contribution in [0.4, 0.5) is 0 Å². The lowest BCUT2D eigenvalue weighted by Crippen LogP contribution is -2.36. The molecule has 0 aromatic heterocycles. The van der Waals surface area contributed by atoms with Crippen LogP contribution < -0.4 is 4.74 Å². The molecule has 0 radical (unpaired) electrons. The molecule has 7 heteroatoms. The zero-order valence-corrected chi connectivity index (χ0v) is 12.6. The van der Waals surface area contributed by atoms with E-state index in [0.717, 1.165) is 4.31 Å². The lowest BCUT2D eigenvalue weighted by Gasteiger charge is -2.20. The quantitative estimate of drug-likeness (QED) is 0.709. The smallest absolute Gasteiger partial charge is 0.321 e. The maximum atomic E-state index is 12.5. The first-order valence-corrected chi connectivity index (χ1v) is 7.60.